The van der Waals surface area contributed by atoms with E-state index in [1.165, 1.54) is 12.4 Å². The van der Waals surface area contributed by atoms with Crippen molar-refractivity contribution in [2.75, 3.05) is 19.0 Å². The molecule has 0 aliphatic heterocycles. The van der Waals surface area contributed by atoms with Crippen molar-refractivity contribution in [1.29, 1.82) is 0 Å². The van der Waals surface area contributed by atoms with Crippen LogP contribution in [0.5, 0.6) is 0 Å². The molecule has 150 valence electrons. The number of para-hydroxylation sites is 1. The lowest BCUT2D eigenvalue weighted by atomic mass is 10.1. The number of anilines is 1. The third-order valence-electron chi connectivity index (χ3n) is 4.20. The van der Waals surface area contributed by atoms with Crippen LogP contribution in [0.4, 0.5) is 11.4 Å². The second kappa shape index (κ2) is 8.74. The summed E-state index contributed by atoms with van der Waals surface area (Å²) in [6.07, 6.45) is 1.52. The maximum atomic E-state index is 12.6. The highest BCUT2D eigenvalue weighted by molar-refractivity contribution is 7.99. The van der Waals surface area contributed by atoms with Gasteiger partial charge < -0.3 is 14.8 Å². The third-order valence-corrected chi connectivity index (χ3v) is 5.32. The van der Waals surface area contributed by atoms with Gasteiger partial charge in [-0.2, -0.15) is 0 Å². The van der Waals surface area contributed by atoms with Crippen LogP contribution in [0.3, 0.4) is 0 Å². The first-order valence-electron chi connectivity index (χ1n) is 8.70. The largest absolute Gasteiger partial charge is 0.377 e. The molecule has 3 rings (SSSR count). The van der Waals surface area contributed by atoms with Crippen LogP contribution in [0, 0.1) is 10.1 Å². The molecule has 1 N–H and O–H groups in total. The van der Waals surface area contributed by atoms with Gasteiger partial charge in [0, 0.05) is 45.0 Å². The van der Waals surface area contributed by atoms with Crippen molar-refractivity contribution < 1.29 is 9.72 Å². The fraction of sp³-hybridized carbons (Fsp3) is 0.211. The predicted molar refractivity (Wildman–Crippen MR) is 110 cm³/mol. The van der Waals surface area contributed by atoms with Crippen LogP contribution in [0.2, 0.25) is 0 Å². The molecule has 0 saturated heterocycles. The smallest absolute Gasteiger partial charge is 0.284 e. The standard InChI is InChI=1S/C19H20N6O3S/c1-23(2)15-7-5-4-6-14(15)11-20-18(26)13-8-9-17(16(10-13)25(27)28)29-19-22-21-12-24(19)3/h4-10,12H,11H2,1-3H3,(H,20,26). The molecule has 1 aromatic heterocycles. The summed E-state index contributed by atoms with van der Waals surface area (Å²) in [4.78, 5) is 25.9. The normalized spacial score (nSPS) is 10.6. The second-order valence-corrected chi connectivity index (χ2v) is 7.48. The van der Waals surface area contributed by atoms with Crippen molar-refractivity contribution in [3.8, 4) is 0 Å². The van der Waals surface area contributed by atoms with Crippen molar-refractivity contribution in [2.45, 2.75) is 16.6 Å². The Hall–Kier alpha value is -3.40. The number of nitrogens with one attached hydrogen (secondary N) is 1. The topological polar surface area (TPSA) is 106 Å². The molecule has 0 radical (unpaired) electrons. The van der Waals surface area contributed by atoms with E-state index in [4.69, 9.17) is 0 Å². The summed E-state index contributed by atoms with van der Waals surface area (Å²) in [6.45, 7) is 0.316. The lowest BCUT2D eigenvalue weighted by Gasteiger charge is -2.17. The van der Waals surface area contributed by atoms with Crippen LogP contribution in [0.1, 0.15) is 15.9 Å². The monoisotopic (exact) mass is 412 g/mol. The van der Waals surface area contributed by atoms with E-state index in [1.807, 2.05) is 43.3 Å². The maximum Gasteiger partial charge on any atom is 0.284 e. The van der Waals surface area contributed by atoms with E-state index < -0.39 is 4.92 Å². The summed E-state index contributed by atoms with van der Waals surface area (Å²) < 4.78 is 1.66. The maximum absolute atomic E-state index is 12.6. The Bertz CT molecular complexity index is 1050. The van der Waals surface area contributed by atoms with Gasteiger partial charge >= 0.3 is 0 Å². The minimum atomic E-state index is -0.503. The van der Waals surface area contributed by atoms with Gasteiger partial charge in [0.15, 0.2) is 5.16 Å². The number of benzene rings is 2. The molecule has 0 unspecified atom stereocenters. The van der Waals surface area contributed by atoms with E-state index >= 15 is 0 Å². The number of rotatable bonds is 7. The number of carbonyl (C=O) groups excluding carboxylic acids is 1. The average Bonchev–Trinajstić information content (AvgIpc) is 3.10. The van der Waals surface area contributed by atoms with Crippen molar-refractivity contribution in [2.24, 2.45) is 7.05 Å². The molecule has 29 heavy (non-hydrogen) atoms. The molecule has 3 aromatic rings. The van der Waals surface area contributed by atoms with E-state index in [1.54, 1.807) is 23.7 Å². The molecule has 0 spiro atoms. The Morgan fingerprint density at radius 3 is 2.69 bits per heavy atom. The van der Waals surface area contributed by atoms with Crippen LogP contribution in [-0.4, -0.2) is 39.7 Å². The molecule has 0 aliphatic rings. The van der Waals surface area contributed by atoms with E-state index in [2.05, 4.69) is 15.5 Å². The van der Waals surface area contributed by atoms with Gasteiger partial charge in [0.1, 0.15) is 6.33 Å². The minimum absolute atomic E-state index is 0.153. The fourth-order valence-corrected chi connectivity index (χ4v) is 3.58. The van der Waals surface area contributed by atoms with Crippen molar-refractivity contribution >= 4 is 29.0 Å². The summed E-state index contributed by atoms with van der Waals surface area (Å²) in [7, 11) is 5.61. The number of amides is 1. The van der Waals surface area contributed by atoms with Crippen LogP contribution in [-0.2, 0) is 13.6 Å². The molecule has 2 aromatic carbocycles. The minimum Gasteiger partial charge on any atom is -0.377 e. The molecule has 0 fully saturated rings. The van der Waals surface area contributed by atoms with Gasteiger partial charge in [-0.3, -0.25) is 14.9 Å². The summed E-state index contributed by atoms with van der Waals surface area (Å²) in [6, 6.07) is 12.1. The quantitative estimate of drug-likeness (QED) is 0.470. The zero-order valence-corrected chi connectivity index (χ0v) is 17.0. The van der Waals surface area contributed by atoms with Gasteiger partial charge in [0.25, 0.3) is 11.6 Å². The van der Waals surface area contributed by atoms with Gasteiger partial charge in [0.05, 0.1) is 9.82 Å². The van der Waals surface area contributed by atoms with E-state index in [-0.39, 0.29) is 17.2 Å². The highest BCUT2D eigenvalue weighted by atomic mass is 32.2. The van der Waals surface area contributed by atoms with Gasteiger partial charge in [0.2, 0.25) is 0 Å². The summed E-state index contributed by atoms with van der Waals surface area (Å²) >= 11 is 1.12. The van der Waals surface area contributed by atoms with E-state index in [0.29, 0.717) is 16.6 Å². The second-order valence-electron chi connectivity index (χ2n) is 6.47. The number of nitro benzene ring substituents is 1. The van der Waals surface area contributed by atoms with Crippen molar-refractivity contribution in [1.82, 2.24) is 20.1 Å². The molecular formula is C19H20N6O3S. The first kappa shape index (κ1) is 20.3. The predicted octanol–water partition coefficient (Wildman–Crippen LogP) is 2.87. The molecule has 9 nitrogen and oxygen atoms in total. The summed E-state index contributed by atoms with van der Waals surface area (Å²) in [5.74, 6) is -0.378. The first-order chi connectivity index (χ1) is 13.9. The average molecular weight is 412 g/mol. The van der Waals surface area contributed by atoms with E-state index in [9.17, 15) is 14.9 Å². The van der Waals surface area contributed by atoms with Crippen molar-refractivity contribution in [3.05, 3.63) is 70.0 Å². The molecule has 1 amide bonds. The number of hydrogen-bond acceptors (Lipinski definition) is 7. The molecule has 1 heterocycles. The highest BCUT2D eigenvalue weighted by Crippen LogP contribution is 2.34. The number of carbonyl (C=O) groups is 1. The summed E-state index contributed by atoms with van der Waals surface area (Å²) in [5, 5.41) is 22.6. The Balaban J connectivity index is 1.78. The lowest BCUT2D eigenvalue weighted by molar-refractivity contribution is -0.387. The number of aromatic nitrogens is 3. The molecule has 0 bridgehead atoms. The van der Waals surface area contributed by atoms with Crippen LogP contribution in [0.25, 0.3) is 0 Å². The van der Waals surface area contributed by atoms with Gasteiger partial charge in [-0.25, -0.2) is 0 Å². The molecule has 0 aliphatic carbocycles. The highest BCUT2D eigenvalue weighted by Gasteiger charge is 2.20. The fourth-order valence-electron chi connectivity index (χ4n) is 2.73. The van der Waals surface area contributed by atoms with Gasteiger partial charge in [-0.05, 0) is 35.5 Å². The molecule has 0 atom stereocenters. The van der Waals surface area contributed by atoms with Crippen LogP contribution < -0.4 is 10.2 Å². The Kier molecular flexibility index (Phi) is 6.13. The third kappa shape index (κ3) is 4.72. The molecule has 10 heteroatoms. The Morgan fingerprint density at radius 1 is 1.28 bits per heavy atom. The number of hydrogen-bond donors (Lipinski definition) is 1. The SMILES string of the molecule is CN(C)c1ccccc1CNC(=O)c1ccc(Sc2nncn2C)c([N+](=O)[O-])c1. The molecule has 0 saturated carbocycles. The first-order valence-corrected chi connectivity index (χ1v) is 9.52. The van der Waals surface area contributed by atoms with Crippen LogP contribution >= 0.6 is 11.8 Å². The number of aryl methyl sites for hydroxylation is 1. The van der Waals surface area contributed by atoms with Gasteiger partial charge in [-0.15, -0.1) is 10.2 Å². The van der Waals surface area contributed by atoms with Gasteiger partial charge in [-0.1, -0.05) is 18.2 Å². The lowest BCUT2D eigenvalue weighted by Crippen LogP contribution is -2.24. The number of nitro groups is 1. The number of nitrogens with zero attached hydrogens (tertiary/aromatic N) is 5. The zero-order valence-electron chi connectivity index (χ0n) is 16.2. The summed E-state index contributed by atoms with van der Waals surface area (Å²) in [5.41, 5.74) is 2.02. The Morgan fingerprint density at radius 2 is 2.03 bits per heavy atom. The Labute approximate surface area is 171 Å². The van der Waals surface area contributed by atoms with E-state index in [0.717, 1.165) is 23.0 Å². The van der Waals surface area contributed by atoms with Crippen molar-refractivity contribution in [3.63, 3.8) is 0 Å². The zero-order chi connectivity index (χ0) is 21.0. The molecular weight excluding hydrogens is 392 g/mol. The van der Waals surface area contributed by atoms with Crippen LogP contribution in [0.15, 0.2) is 58.8 Å².